The normalized spacial score (nSPS) is 26.9. The van der Waals surface area contributed by atoms with Gasteiger partial charge >= 0.3 is 0 Å². The van der Waals surface area contributed by atoms with Crippen molar-refractivity contribution in [3.8, 4) is 0 Å². The largest absolute Gasteiger partial charge is 0.296 e. The number of halogens is 1. The fraction of sp³-hybridized carbons (Fsp3) is 0.647. The molecule has 0 amide bonds. The molecule has 4 nitrogen and oxygen atoms in total. The number of hydrogen-bond donors (Lipinski definition) is 0. The number of rotatable bonds is 3. The highest BCUT2D eigenvalue weighted by atomic mass is 32.2. The SMILES string of the molecule is C[C@@H]1Cc2ccc(F)cc2CN1C[C@@H]1CCCN(S(C)(=O)=O)C1. The van der Waals surface area contributed by atoms with Crippen molar-refractivity contribution in [3.05, 3.63) is 35.1 Å². The molecule has 3 rings (SSSR count). The van der Waals surface area contributed by atoms with Gasteiger partial charge in [-0.25, -0.2) is 17.1 Å². The van der Waals surface area contributed by atoms with Crippen LogP contribution in [0.2, 0.25) is 0 Å². The van der Waals surface area contributed by atoms with Crippen molar-refractivity contribution in [3.63, 3.8) is 0 Å². The molecule has 0 unspecified atom stereocenters. The van der Waals surface area contributed by atoms with Gasteiger partial charge in [0.05, 0.1) is 6.26 Å². The smallest absolute Gasteiger partial charge is 0.211 e. The summed E-state index contributed by atoms with van der Waals surface area (Å²) in [5.74, 6) is 0.176. The summed E-state index contributed by atoms with van der Waals surface area (Å²) in [7, 11) is -3.10. The lowest BCUT2D eigenvalue weighted by Crippen LogP contribution is -2.46. The highest BCUT2D eigenvalue weighted by Crippen LogP contribution is 2.27. The summed E-state index contributed by atoms with van der Waals surface area (Å²) in [5.41, 5.74) is 2.30. The van der Waals surface area contributed by atoms with Crippen LogP contribution in [0.25, 0.3) is 0 Å². The third-order valence-electron chi connectivity index (χ3n) is 5.12. The third kappa shape index (κ3) is 3.92. The average Bonchev–Trinajstić information content (AvgIpc) is 2.48. The van der Waals surface area contributed by atoms with Gasteiger partial charge in [0.25, 0.3) is 0 Å². The lowest BCUT2D eigenvalue weighted by atomic mass is 9.92. The molecule has 0 radical (unpaired) electrons. The van der Waals surface area contributed by atoms with Crippen molar-refractivity contribution in [2.75, 3.05) is 25.9 Å². The van der Waals surface area contributed by atoms with Crippen LogP contribution in [0.3, 0.4) is 0 Å². The van der Waals surface area contributed by atoms with Gasteiger partial charge in [0, 0.05) is 32.2 Å². The Kier molecular flexibility index (Phi) is 4.76. The molecule has 0 aliphatic carbocycles. The average molecular weight is 340 g/mol. The summed E-state index contributed by atoms with van der Waals surface area (Å²) in [5, 5.41) is 0. The first-order valence-electron chi connectivity index (χ1n) is 8.29. The minimum Gasteiger partial charge on any atom is -0.296 e. The highest BCUT2D eigenvalue weighted by Gasteiger charge is 2.30. The van der Waals surface area contributed by atoms with E-state index in [0.29, 0.717) is 25.0 Å². The van der Waals surface area contributed by atoms with Crippen molar-refractivity contribution >= 4 is 10.0 Å². The zero-order valence-corrected chi connectivity index (χ0v) is 14.7. The van der Waals surface area contributed by atoms with Crippen molar-refractivity contribution in [1.82, 2.24) is 9.21 Å². The number of benzene rings is 1. The van der Waals surface area contributed by atoms with Crippen molar-refractivity contribution in [1.29, 1.82) is 0 Å². The fourth-order valence-corrected chi connectivity index (χ4v) is 4.76. The molecular formula is C17H25FN2O2S. The summed E-state index contributed by atoms with van der Waals surface area (Å²) in [6, 6.07) is 5.47. The van der Waals surface area contributed by atoms with E-state index in [1.165, 1.54) is 17.9 Å². The van der Waals surface area contributed by atoms with E-state index in [4.69, 9.17) is 0 Å². The number of nitrogens with zero attached hydrogens (tertiary/aromatic N) is 2. The number of hydrogen-bond acceptors (Lipinski definition) is 3. The molecule has 1 aromatic rings. The van der Waals surface area contributed by atoms with Crippen LogP contribution in [0.1, 0.15) is 30.9 Å². The first-order chi connectivity index (χ1) is 10.8. The second-order valence-corrected chi connectivity index (χ2v) is 9.01. The number of sulfonamides is 1. The van der Waals surface area contributed by atoms with Gasteiger partial charge in [-0.15, -0.1) is 0 Å². The topological polar surface area (TPSA) is 40.6 Å². The third-order valence-corrected chi connectivity index (χ3v) is 6.39. The summed E-state index contributed by atoms with van der Waals surface area (Å²) in [6.45, 7) is 5.08. The minimum atomic E-state index is -3.10. The van der Waals surface area contributed by atoms with E-state index >= 15 is 0 Å². The van der Waals surface area contributed by atoms with E-state index in [9.17, 15) is 12.8 Å². The van der Waals surface area contributed by atoms with Crippen LogP contribution >= 0.6 is 0 Å². The molecule has 2 atom stereocenters. The van der Waals surface area contributed by atoms with E-state index in [1.807, 2.05) is 6.07 Å². The summed E-state index contributed by atoms with van der Waals surface area (Å²) in [4.78, 5) is 2.37. The Hall–Kier alpha value is -0.980. The number of fused-ring (bicyclic) bond motifs is 1. The molecule has 0 bridgehead atoms. The maximum absolute atomic E-state index is 13.5. The lowest BCUT2D eigenvalue weighted by Gasteiger charge is -2.39. The Balaban J connectivity index is 1.68. The second kappa shape index (κ2) is 6.49. The summed E-state index contributed by atoms with van der Waals surface area (Å²) in [6.07, 6.45) is 4.20. The molecule has 1 aromatic carbocycles. The van der Waals surface area contributed by atoms with Gasteiger partial charge in [0.15, 0.2) is 0 Å². The van der Waals surface area contributed by atoms with Crippen molar-refractivity contribution in [2.24, 2.45) is 5.92 Å². The van der Waals surface area contributed by atoms with E-state index < -0.39 is 10.0 Å². The van der Waals surface area contributed by atoms with E-state index in [-0.39, 0.29) is 5.82 Å². The van der Waals surface area contributed by atoms with E-state index in [0.717, 1.165) is 37.9 Å². The van der Waals surface area contributed by atoms with Gasteiger partial charge in [-0.2, -0.15) is 0 Å². The van der Waals surface area contributed by atoms with Gasteiger partial charge in [0.2, 0.25) is 10.0 Å². The summed E-state index contributed by atoms with van der Waals surface area (Å²) >= 11 is 0. The summed E-state index contributed by atoms with van der Waals surface area (Å²) < 4.78 is 38.6. The van der Waals surface area contributed by atoms with E-state index in [2.05, 4.69) is 11.8 Å². The first kappa shape index (κ1) is 16.9. The zero-order valence-electron chi connectivity index (χ0n) is 13.8. The molecule has 0 N–H and O–H groups in total. The van der Waals surface area contributed by atoms with Crippen LogP contribution < -0.4 is 0 Å². The van der Waals surface area contributed by atoms with Crippen molar-refractivity contribution < 1.29 is 12.8 Å². The number of piperidine rings is 1. The minimum absolute atomic E-state index is 0.181. The van der Waals surface area contributed by atoms with Gasteiger partial charge in [-0.05, 0) is 55.4 Å². The lowest BCUT2D eigenvalue weighted by molar-refractivity contribution is 0.128. The van der Waals surface area contributed by atoms with Gasteiger partial charge in [0.1, 0.15) is 5.82 Å². The Labute approximate surface area is 138 Å². The van der Waals surface area contributed by atoms with Crippen LogP contribution in [0, 0.1) is 11.7 Å². The molecule has 0 spiro atoms. The molecule has 6 heteroatoms. The molecule has 23 heavy (non-hydrogen) atoms. The predicted molar refractivity (Wildman–Crippen MR) is 89.1 cm³/mol. The maximum atomic E-state index is 13.5. The maximum Gasteiger partial charge on any atom is 0.211 e. The van der Waals surface area contributed by atoms with Crippen LogP contribution in [-0.2, 0) is 23.0 Å². The molecule has 0 aromatic heterocycles. The van der Waals surface area contributed by atoms with Crippen LogP contribution in [0.15, 0.2) is 18.2 Å². The first-order valence-corrected chi connectivity index (χ1v) is 10.1. The molecule has 0 saturated carbocycles. The van der Waals surface area contributed by atoms with Crippen LogP contribution in [0.4, 0.5) is 4.39 Å². The fourth-order valence-electron chi connectivity index (χ4n) is 3.82. The predicted octanol–water partition coefficient (Wildman–Crippen LogP) is 2.24. The monoisotopic (exact) mass is 340 g/mol. The van der Waals surface area contributed by atoms with Crippen molar-refractivity contribution in [2.45, 2.75) is 38.8 Å². The Morgan fingerprint density at radius 1 is 1.30 bits per heavy atom. The van der Waals surface area contributed by atoms with Crippen LogP contribution in [-0.4, -0.2) is 49.6 Å². The highest BCUT2D eigenvalue weighted by molar-refractivity contribution is 7.88. The molecule has 128 valence electrons. The second-order valence-electron chi connectivity index (χ2n) is 7.02. The molecule has 1 saturated heterocycles. The molecule has 1 fully saturated rings. The van der Waals surface area contributed by atoms with Gasteiger partial charge in [-0.3, -0.25) is 4.90 Å². The zero-order chi connectivity index (χ0) is 16.6. The quantitative estimate of drug-likeness (QED) is 0.847. The molecule has 2 heterocycles. The molecule has 2 aliphatic rings. The Morgan fingerprint density at radius 2 is 2.09 bits per heavy atom. The Bertz CT molecular complexity index is 677. The van der Waals surface area contributed by atoms with Crippen LogP contribution in [0.5, 0.6) is 0 Å². The molecular weight excluding hydrogens is 315 g/mol. The molecule has 2 aliphatic heterocycles. The standard InChI is InChI=1S/C17H25FN2O2S/c1-13-8-15-5-6-17(18)9-16(15)12-19(13)10-14-4-3-7-20(11-14)23(2,21)22/h5-6,9,13-14H,3-4,7-8,10-12H2,1-2H3/t13-,14+/m1/s1. The van der Waals surface area contributed by atoms with Gasteiger partial charge in [-0.1, -0.05) is 6.07 Å². The van der Waals surface area contributed by atoms with Gasteiger partial charge < -0.3 is 0 Å². The van der Waals surface area contributed by atoms with E-state index in [1.54, 1.807) is 10.4 Å². The Morgan fingerprint density at radius 3 is 2.83 bits per heavy atom.